The number of ether oxygens (including phenoxy) is 1. The standard InChI is InChI=1S/C18H18N2O3/c1-13-6-8-14(9-7-13)10-11-17(21)20-19-12-15-4-3-5-16(23-2)18(15)22/h3-12,22H,1-2H3,(H,20,21)/b11-10?,19-12+. The number of rotatable bonds is 5. The average Bonchev–Trinajstić information content (AvgIpc) is 2.56. The second-order valence-corrected chi connectivity index (χ2v) is 4.88. The molecule has 0 heterocycles. The van der Waals surface area contributed by atoms with E-state index in [9.17, 15) is 9.90 Å². The molecule has 2 aromatic carbocycles. The number of carbonyl (C=O) groups is 1. The second-order valence-electron chi connectivity index (χ2n) is 4.88. The molecule has 0 saturated heterocycles. The maximum Gasteiger partial charge on any atom is 0.264 e. The van der Waals surface area contributed by atoms with Gasteiger partial charge in [0.1, 0.15) is 0 Å². The molecule has 1 amide bonds. The number of hydrogen-bond acceptors (Lipinski definition) is 4. The van der Waals surface area contributed by atoms with Gasteiger partial charge in [-0.25, -0.2) is 5.43 Å². The summed E-state index contributed by atoms with van der Waals surface area (Å²) in [5.41, 5.74) is 4.91. The number of aromatic hydroxyl groups is 1. The Morgan fingerprint density at radius 2 is 1.96 bits per heavy atom. The van der Waals surface area contributed by atoms with E-state index in [0.717, 1.165) is 11.1 Å². The van der Waals surface area contributed by atoms with Crippen LogP contribution in [0, 0.1) is 6.92 Å². The molecule has 0 unspecified atom stereocenters. The zero-order chi connectivity index (χ0) is 16.7. The first-order chi connectivity index (χ1) is 11.1. The first kappa shape index (κ1) is 16.3. The van der Waals surface area contributed by atoms with E-state index in [0.29, 0.717) is 11.3 Å². The van der Waals surface area contributed by atoms with Crippen molar-refractivity contribution in [2.24, 2.45) is 5.10 Å². The summed E-state index contributed by atoms with van der Waals surface area (Å²) in [5, 5.41) is 13.7. The topological polar surface area (TPSA) is 70.9 Å². The van der Waals surface area contributed by atoms with Gasteiger partial charge < -0.3 is 9.84 Å². The number of aryl methyl sites for hydroxylation is 1. The van der Waals surface area contributed by atoms with Crippen LogP contribution in [-0.4, -0.2) is 24.3 Å². The number of hydrazone groups is 1. The van der Waals surface area contributed by atoms with Gasteiger partial charge in [-0.1, -0.05) is 35.9 Å². The van der Waals surface area contributed by atoms with Crippen LogP contribution in [-0.2, 0) is 4.79 Å². The molecule has 118 valence electrons. The van der Waals surface area contributed by atoms with E-state index in [1.54, 1.807) is 24.3 Å². The summed E-state index contributed by atoms with van der Waals surface area (Å²) in [6.07, 6.45) is 4.45. The summed E-state index contributed by atoms with van der Waals surface area (Å²) < 4.78 is 5.00. The smallest absolute Gasteiger partial charge is 0.264 e. The minimum Gasteiger partial charge on any atom is -0.504 e. The van der Waals surface area contributed by atoms with Gasteiger partial charge in [0.05, 0.1) is 13.3 Å². The van der Waals surface area contributed by atoms with E-state index in [1.165, 1.54) is 19.4 Å². The highest BCUT2D eigenvalue weighted by Crippen LogP contribution is 2.27. The van der Waals surface area contributed by atoms with Gasteiger partial charge in [0.2, 0.25) is 0 Å². The van der Waals surface area contributed by atoms with Crippen LogP contribution in [0.4, 0.5) is 0 Å². The predicted octanol–water partition coefficient (Wildman–Crippen LogP) is 2.87. The molecule has 0 fully saturated rings. The Hall–Kier alpha value is -3.08. The fourth-order valence-electron chi connectivity index (χ4n) is 1.86. The second kappa shape index (κ2) is 7.79. The van der Waals surface area contributed by atoms with E-state index < -0.39 is 0 Å². The Balaban J connectivity index is 1.95. The van der Waals surface area contributed by atoms with Crippen LogP contribution in [0.2, 0.25) is 0 Å². The summed E-state index contributed by atoms with van der Waals surface area (Å²) in [6.45, 7) is 2.00. The highest BCUT2D eigenvalue weighted by molar-refractivity contribution is 5.93. The summed E-state index contributed by atoms with van der Waals surface area (Å²) in [4.78, 5) is 11.7. The molecule has 5 nitrogen and oxygen atoms in total. The number of nitrogens with zero attached hydrogens (tertiary/aromatic N) is 1. The number of phenolic OH excluding ortho intramolecular Hbond substituents is 1. The molecule has 0 bridgehead atoms. The number of benzene rings is 2. The van der Waals surface area contributed by atoms with E-state index in [2.05, 4.69) is 10.5 Å². The van der Waals surface area contributed by atoms with Gasteiger partial charge in [-0.2, -0.15) is 5.10 Å². The number of para-hydroxylation sites is 1. The molecule has 0 radical (unpaired) electrons. The van der Waals surface area contributed by atoms with Crippen LogP contribution in [0.5, 0.6) is 11.5 Å². The van der Waals surface area contributed by atoms with Crippen molar-refractivity contribution in [1.29, 1.82) is 0 Å². The first-order valence-corrected chi connectivity index (χ1v) is 7.04. The van der Waals surface area contributed by atoms with Crippen LogP contribution in [0.1, 0.15) is 16.7 Å². The molecule has 2 N–H and O–H groups in total. The van der Waals surface area contributed by atoms with Crippen LogP contribution in [0.25, 0.3) is 6.08 Å². The quantitative estimate of drug-likeness (QED) is 0.507. The number of phenols is 1. The molecular weight excluding hydrogens is 292 g/mol. The van der Waals surface area contributed by atoms with Gasteiger partial charge in [0.25, 0.3) is 5.91 Å². The Kier molecular flexibility index (Phi) is 5.52. The van der Waals surface area contributed by atoms with Crippen molar-refractivity contribution in [3.63, 3.8) is 0 Å². The lowest BCUT2D eigenvalue weighted by Gasteiger charge is -2.04. The minimum absolute atomic E-state index is 0.0248. The lowest BCUT2D eigenvalue weighted by atomic mass is 10.1. The van der Waals surface area contributed by atoms with Crippen molar-refractivity contribution in [1.82, 2.24) is 5.43 Å². The predicted molar refractivity (Wildman–Crippen MR) is 90.6 cm³/mol. The van der Waals surface area contributed by atoms with Crippen molar-refractivity contribution >= 4 is 18.2 Å². The monoisotopic (exact) mass is 310 g/mol. The maximum absolute atomic E-state index is 11.7. The van der Waals surface area contributed by atoms with Gasteiger partial charge >= 0.3 is 0 Å². The SMILES string of the molecule is COc1cccc(/C=N/NC(=O)C=Cc2ccc(C)cc2)c1O. The molecule has 2 rings (SSSR count). The van der Waals surface area contributed by atoms with E-state index in [4.69, 9.17) is 4.74 Å². The number of nitrogens with one attached hydrogen (secondary N) is 1. The number of methoxy groups -OCH3 is 1. The zero-order valence-corrected chi connectivity index (χ0v) is 13.0. The largest absolute Gasteiger partial charge is 0.504 e. The maximum atomic E-state index is 11.7. The third-order valence-corrected chi connectivity index (χ3v) is 3.13. The first-order valence-electron chi connectivity index (χ1n) is 7.04. The molecular formula is C18H18N2O3. The number of hydrogen-bond donors (Lipinski definition) is 2. The Labute approximate surface area is 134 Å². The lowest BCUT2D eigenvalue weighted by Crippen LogP contribution is -2.14. The third-order valence-electron chi connectivity index (χ3n) is 3.13. The van der Waals surface area contributed by atoms with Gasteiger partial charge in [-0.15, -0.1) is 0 Å². The number of carbonyl (C=O) groups excluding carboxylic acids is 1. The highest BCUT2D eigenvalue weighted by Gasteiger charge is 2.04. The molecule has 23 heavy (non-hydrogen) atoms. The molecule has 0 aliphatic rings. The van der Waals surface area contributed by atoms with Crippen molar-refractivity contribution in [3.8, 4) is 11.5 Å². The zero-order valence-electron chi connectivity index (χ0n) is 13.0. The average molecular weight is 310 g/mol. The Bertz CT molecular complexity index is 734. The van der Waals surface area contributed by atoms with Crippen molar-refractivity contribution in [3.05, 3.63) is 65.2 Å². The molecule has 5 heteroatoms. The molecule has 0 aliphatic carbocycles. The fourth-order valence-corrected chi connectivity index (χ4v) is 1.86. The molecule has 0 saturated carbocycles. The van der Waals surface area contributed by atoms with Crippen molar-refractivity contribution in [2.75, 3.05) is 7.11 Å². The molecule has 0 aromatic heterocycles. The van der Waals surface area contributed by atoms with Crippen LogP contribution in [0.3, 0.4) is 0 Å². The van der Waals surface area contributed by atoms with E-state index >= 15 is 0 Å². The molecule has 0 atom stereocenters. The molecule has 0 aliphatic heterocycles. The minimum atomic E-state index is -0.357. The Morgan fingerprint density at radius 3 is 2.65 bits per heavy atom. The summed E-state index contributed by atoms with van der Waals surface area (Å²) in [6, 6.07) is 12.8. The normalized spacial score (nSPS) is 11.0. The Morgan fingerprint density at radius 1 is 1.22 bits per heavy atom. The summed E-state index contributed by atoms with van der Waals surface area (Å²) in [7, 11) is 1.47. The van der Waals surface area contributed by atoms with Gasteiger partial charge in [0, 0.05) is 11.6 Å². The summed E-state index contributed by atoms with van der Waals surface area (Å²) in [5.74, 6) is -0.0352. The van der Waals surface area contributed by atoms with Crippen LogP contribution < -0.4 is 10.2 Å². The fraction of sp³-hybridized carbons (Fsp3) is 0.111. The highest BCUT2D eigenvalue weighted by atomic mass is 16.5. The van der Waals surface area contributed by atoms with Crippen molar-refractivity contribution < 1.29 is 14.6 Å². The van der Waals surface area contributed by atoms with Crippen LogP contribution >= 0.6 is 0 Å². The van der Waals surface area contributed by atoms with Crippen molar-refractivity contribution in [2.45, 2.75) is 6.92 Å². The van der Waals surface area contributed by atoms with Gasteiger partial charge in [-0.3, -0.25) is 4.79 Å². The lowest BCUT2D eigenvalue weighted by molar-refractivity contribution is -0.116. The van der Waals surface area contributed by atoms with Gasteiger partial charge in [-0.05, 0) is 30.7 Å². The van der Waals surface area contributed by atoms with E-state index in [1.807, 2.05) is 31.2 Å². The summed E-state index contributed by atoms with van der Waals surface area (Å²) >= 11 is 0. The number of amides is 1. The van der Waals surface area contributed by atoms with Gasteiger partial charge in [0.15, 0.2) is 11.5 Å². The van der Waals surface area contributed by atoms with Crippen LogP contribution in [0.15, 0.2) is 53.6 Å². The molecule has 0 spiro atoms. The molecule has 2 aromatic rings. The third kappa shape index (κ3) is 4.71. The van der Waals surface area contributed by atoms with E-state index in [-0.39, 0.29) is 11.7 Å².